The smallest absolute Gasteiger partial charge is 0.0772 e. The first-order valence-corrected chi connectivity index (χ1v) is 8.85. The van der Waals surface area contributed by atoms with E-state index >= 15 is 0 Å². The molecule has 120 valence electrons. The van der Waals surface area contributed by atoms with Crippen molar-refractivity contribution in [1.29, 1.82) is 0 Å². The van der Waals surface area contributed by atoms with E-state index in [1.807, 2.05) is 7.11 Å². The molecule has 4 fully saturated rings. The molecule has 6 atom stereocenters. The fraction of sp³-hybridized carbons (Fsp3) is 0.684. The van der Waals surface area contributed by atoms with E-state index in [0.717, 1.165) is 25.7 Å². The molecule has 2 nitrogen and oxygen atoms in total. The molecule has 4 saturated carbocycles. The minimum absolute atomic E-state index is 0.00100. The van der Waals surface area contributed by atoms with Crippen molar-refractivity contribution in [1.82, 2.24) is 0 Å². The summed E-state index contributed by atoms with van der Waals surface area (Å²) < 4.78 is 6.21. The molecule has 2 N–H and O–H groups in total. The highest BCUT2D eigenvalue weighted by Gasteiger charge is 2.69. The van der Waals surface area contributed by atoms with Gasteiger partial charge in [-0.05, 0) is 49.5 Å². The van der Waals surface area contributed by atoms with Gasteiger partial charge in [0.1, 0.15) is 0 Å². The van der Waals surface area contributed by atoms with Crippen LogP contribution in [0.1, 0.15) is 50.6 Å². The van der Waals surface area contributed by atoms with Gasteiger partial charge in [0, 0.05) is 23.4 Å². The predicted molar refractivity (Wildman–Crippen MR) is 89.9 cm³/mol. The molecule has 0 spiro atoms. The van der Waals surface area contributed by atoms with E-state index in [4.69, 9.17) is 22.1 Å². The summed E-state index contributed by atoms with van der Waals surface area (Å²) in [5.74, 6) is 1.27. The standard InChI is InChI=1S/C19H26ClNO/c1-17(16(21)14-6-4-3-5-7-14)15-8-13-9-18(20,11-15)12-19(17,10-13)22-2/h3-7,13,15-16H,8-12,21H2,1-2H3/t13?,15?,16-,17+,18-,19-/m0/s1. The molecule has 1 aromatic carbocycles. The molecule has 0 heterocycles. The monoisotopic (exact) mass is 319 g/mol. The Kier molecular flexibility index (Phi) is 3.21. The summed E-state index contributed by atoms with van der Waals surface area (Å²) in [6, 6.07) is 10.5. The largest absolute Gasteiger partial charge is 0.378 e. The number of alkyl halides is 1. The van der Waals surface area contributed by atoms with Crippen LogP contribution in [0.3, 0.4) is 0 Å². The maximum Gasteiger partial charge on any atom is 0.0772 e. The third kappa shape index (κ3) is 1.81. The fourth-order valence-electron chi connectivity index (χ4n) is 6.12. The van der Waals surface area contributed by atoms with Crippen molar-refractivity contribution < 1.29 is 4.74 Å². The molecule has 4 aliphatic rings. The Morgan fingerprint density at radius 2 is 1.95 bits per heavy atom. The number of halogens is 1. The van der Waals surface area contributed by atoms with E-state index in [0.29, 0.717) is 11.8 Å². The summed E-state index contributed by atoms with van der Waals surface area (Å²) in [6.07, 6.45) is 5.57. The lowest BCUT2D eigenvalue weighted by atomic mass is 9.41. The van der Waals surface area contributed by atoms with Crippen molar-refractivity contribution in [2.75, 3.05) is 7.11 Å². The van der Waals surface area contributed by atoms with Crippen molar-refractivity contribution in [3.63, 3.8) is 0 Å². The van der Waals surface area contributed by atoms with Gasteiger partial charge >= 0.3 is 0 Å². The second-order valence-corrected chi connectivity index (χ2v) is 8.91. The van der Waals surface area contributed by atoms with Crippen molar-refractivity contribution in [2.45, 2.75) is 55.5 Å². The zero-order valence-corrected chi connectivity index (χ0v) is 14.3. The molecular weight excluding hydrogens is 294 g/mol. The van der Waals surface area contributed by atoms with E-state index in [-0.39, 0.29) is 21.9 Å². The Morgan fingerprint density at radius 3 is 2.59 bits per heavy atom. The van der Waals surface area contributed by atoms with Crippen LogP contribution < -0.4 is 5.73 Å². The molecule has 3 heteroatoms. The third-order valence-corrected chi connectivity index (χ3v) is 7.57. The number of benzene rings is 1. The Bertz CT molecular complexity index is 578. The molecule has 0 aromatic heterocycles. The minimum atomic E-state index is -0.173. The van der Waals surface area contributed by atoms with Crippen LogP contribution in [-0.4, -0.2) is 17.6 Å². The average Bonchev–Trinajstić information content (AvgIpc) is 2.51. The Balaban J connectivity index is 1.80. The molecule has 0 amide bonds. The van der Waals surface area contributed by atoms with Crippen LogP contribution in [0.25, 0.3) is 0 Å². The molecule has 2 unspecified atom stereocenters. The molecule has 0 aliphatic heterocycles. The normalized spacial score (nSPS) is 47.6. The zero-order chi connectivity index (χ0) is 15.6. The van der Waals surface area contributed by atoms with Crippen molar-refractivity contribution in [2.24, 2.45) is 23.0 Å². The molecule has 0 saturated heterocycles. The Labute approximate surface area is 138 Å². The lowest BCUT2D eigenvalue weighted by molar-refractivity contribution is -0.237. The summed E-state index contributed by atoms with van der Waals surface area (Å²) in [4.78, 5) is -0.0578. The van der Waals surface area contributed by atoms with Gasteiger partial charge in [0.25, 0.3) is 0 Å². The number of hydrogen-bond donors (Lipinski definition) is 1. The number of rotatable bonds is 3. The van der Waals surface area contributed by atoms with Gasteiger partial charge in [0.2, 0.25) is 0 Å². The van der Waals surface area contributed by atoms with Crippen LogP contribution in [0.5, 0.6) is 0 Å². The highest BCUT2D eigenvalue weighted by atomic mass is 35.5. The maximum absolute atomic E-state index is 6.96. The highest BCUT2D eigenvalue weighted by molar-refractivity contribution is 6.24. The lowest BCUT2D eigenvalue weighted by Gasteiger charge is -2.69. The summed E-state index contributed by atoms with van der Waals surface area (Å²) in [5.41, 5.74) is 7.84. The number of ether oxygens (including phenoxy) is 1. The van der Waals surface area contributed by atoms with Gasteiger partial charge in [-0.2, -0.15) is 0 Å². The molecule has 4 bridgehead atoms. The predicted octanol–water partition coefficient (Wildman–Crippen LogP) is 4.28. The first-order chi connectivity index (χ1) is 10.4. The number of methoxy groups -OCH3 is 1. The van der Waals surface area contributed by atoms with Gasteiger partial charge in [0.05, 0.1) is 5.60 Å². The van der Waals surface area contributed by atoms with E-state index in [1.54, 1.807) is 0 Å². The van der Waals surface area contributed by atoms with E-state index in [1.165, 1.54) is 12.0 Å². The van der Waals surface area contributed by atoms with Crippen molar-refractivity contribution in [3.8, 4) is 0 Å². The van der Waals surface area contributed by atoms with Gasteiger partial charge in [-0.25, -0.2) is 0 Å². The van der Waals surface area contributed by atoms with Gasteiger partial charge in [-0.3, -0.25) is 0 Å². The minimum Gasteiger partial charge on any atom is -0.378 e. The van der Waals surface area contributed by atoms with Crippen molar-refractivity contribution in [3.05, 3.63) is 35.9 Å². The van der Waals surface area contributed by atoms with Crippen LogP contribution in [0, 0.1) is 17.3 Å². The quantitative estimate of drug-likeness (QED) is 0.844. The van der Waals surface area contributed by atoms with Gasteiger partial charge < -0.3 is 10.5 Å². The fourth-order valence-corrected chi connectivity index (χ4v) is 6.74. The van der Waals surface area contributed by atoms with Crippen LogP contribution in [0.15, 0.2) is 30.3 Å². The van der Waals surface area contributed by atoms with E-state index in [2.05, 4.69) is 37.3 Å². The number of hydrogen-bond acceptors (Lipinski definition) is 2. The lowest BCUT2D eigenvalue weighted by Crippen LogP contribution is -2.70. The SMILES string of the molecule is CO[C@@]12CC3CC(C[C@@](Cl)(C3)C1)[C@]2(C)[C@@H](N)c1ccccc1. The summed E-state index contributed by atoms with van der Waals surface area (Å²) in [6.45, 7) is 2.36. The van der Waals surface area contributed by atoms with Gasteiger partial charge in [0.15, 0.2) is 0 Å². The molecule has 0 radical (unpaired) electrons. The van der Waals surface area contributed by atoms with Crippen molar-refractivity contribution >= 4 is 11.6 Å². The first-order valence-electron chi connectivity index (χ1n) is 8.47. The molecular formula is C19H26ClNO. The first kappa shape index (κ1) is 15.0. The second-order valence-electron chi connectivity index (χ2n) is 8.11. The zero-order valence-electron chi connectivity index (χ0n) is 13.5. The molecule has 4 aliphatic carbocycles. The third-order valence-electron chi connectivity index (χ3n) is 7.13. The molecule has 1 aromatic rings. The van der Waals surface area contributed by atoms with Crippen LogP contribution >= 0.6 is 11.6 Å². The average molecular weight is 320 g/mol. The molecule has 22 heavy (non-hydrogen) atoms. The van der Waals surface area contributed by atoms with Crippen LogP contribution in [-0.2, 0) is 4.74 Å². The van der Waals surface area contributed by atoms with Gasteiger partial charge in [-0.1, -0.05) is 37.3 Å². The van der Waals surface area contributed by atoms with Gasteiger partial charge in [-0.15, -0.1) is 11.6 Å². The molecule has 5 rings (SSSR count). The summed E-state index contributed by atoms with van der Waals surface area (Å²) in [7, 11) is 1.86. The second kappa shape index (κ2) is 4.72. The Morgan fingerprint density at radius 1 is 1.23 bits per heavy atom. The summed E-state index contributed by atoms with van der Waals surface area (Å²) in [5, 5.41) is 0. The Hall–Kier alpha value is -0.570. The van der Waals surface area contributed by atoms with E-state index in [9.17, 15) is 0 Å². The number of nitrogens with two attached hydrogens (primary N) is 1. The van der Waals surface area contributed by atoms with E-state index < -0.39 is 0 Å². The summed E-state index contributed by atoms with van der Waals surface area (Å²) >= 11 is 6.96. The maximum atomic E-state index is 6.96. The topological polar surface area (TPSA) is 35.2 Å². The highest BCUT2D eigenvalue weighted by Crippen LogP contribution is 2.70. The van der Waals surface area contributed by atoms with Crippen LogP contribution in [0.2, 0.25) is 0 Å². The van der Waals surface area contributed by atoms with Crippen LogP contribution in [0.4, 0.5) is 0 Å².